The number of nitrogens with one attached hydrogen (secondary N) is 1. The number of hydrogen-bond acceptors (Lipinski definition) is 5. The lowest BCUT2D eigenvalue weighted by molar-refractivity contribution is -0.394. The largest absolute Gasteiger partial charge is 0.453 e. The van der Waals surface area contributed by atoms with Gasteiger partial charge < -0.3 is 16.3 Å². The maximum atomic E-state index is 9.73. The molecule has 0 saturated heterocycles. The Morgan fingerprint density at radius 1 is 1.78 bits per heavy atom. The second-order valence-corrected chi connectivity index (χ2v) is 1.07. The first-order valence-electron chi connectivity index (χ1n) is 1.80. The Labute approximate surface area is 49.8 Å². The summed E-state index contributed by atoms with van der Waals surface area (Å²) in [5.74, 6) is -0.329. The van der Waals surface area contributed by atoms with E-state index in [4.69, 9.17) is 0 Å². The zero-order chi connectivity index (χ0) is 5.98. The van der Waals surface area contributed by atoms with Crippen LogP contribution in [0.15, 0.2) is 6.33 Å². The molecule has 0 aromatic carbocycles. The Morgan fingerprint density at radius 2 is 2.44 bits per heavy atom. The molecule has 0 aliphatic rings. The summed E-state index contributed by atoms with van der Waals surface area (Å²) in [7, 11) is 0. The molecule has 0 atom stereocenters. The lowest BCUT2D eigenvalue weighted by Crippen LogP contribution is -1.88. The van der Waals surface area contributed by atoms with E-state index in [2.05, 4.69) is 15.2 Å². The van der Waals surface area contributed by atoms with Gasteiger partial charge in [-0.15, -0.1) is 5.10 Å². The van der Waals surface area contributed by atoms with Crippen LogP contribution in [0.25, 0.3) is 0 Å². The standard InChI is InChI=1S/C2H2N4O2.H3N/c7-6(8)2-3-1-4-5-2;/h1H,(H,3,4,5);1H3. The Balaban J connectivity index is 0.000000640. The molecule has 4 N–H and O–H groups in total. The van der Waals surface area contributed by atoms with Gasteiger partial charge >= 0.3 is 5.95 Å². The molecule has 0 bridgehead atoms. The van der Waals surface area contributed by atoms with Gasteiger partial charge in [0.15, 0.2) is 0 Å². The van der Waals surface area contributed by atoms with Crippen molar-refractivity contribution in [2.75, 3.05) is 0 Å². The number of nitrogens with zero attached hydrogens (tertiary/aromatic N) is 3. The van der Waals surface area contributed by atoms with E-state index in [1.54, 1.807) is 0 Å². The van der Waals surface area contributed by atoms with Crippen LogP contribution in [0.2, 0.25) is 0 Å². The van der Waals surface area contributed by atoms with Gasteiger partial charge in [0.1, 0.15) is 0 Å². The second-order valence-electron chi connectivity index (χ2n) is 1.07. The summed E-state index contributed by atoms with van der Waals surface area (Å²) < 4.78 is 0. The summed E-state index contributed by atoms with van der Waals surface area (Å²) in [4.78, 5) is 12.3. The van der Waals surface area contributed by atoms with Gasteiger partial charge in [-0.25, -0.2) is 0 Å². The van der Waals surface area contributed by atoms with Gasteiger partial charge in [0.25, 0.3) is 0 Å². The van der Waals surface area contributed by atoms with Crippen LogP contribution in [0, 0.1) is 10.1 Å². The molecule has 0 aliphatic carbocycles. The number of rotatable bonds is 1. The van der Waals surface area contributed by atoms with Crippen molar-refractivity contribution in [2.45, 2.75) is 0 Å². The topological polar surface area (TPSA) is 120 Å². The summed E-state index contributed by atoms with van der Waals surface area (Å²) >= 11 is 0. The van der Waals surface area contributed by atoms with Gasteiger partial charge in [0, 0.05) is 0 Å². The zero-order valence-corrected chi connectivity index (χ0v) is 4.44. The van der Waals surface area contributed by atoms with E-state index in [0.29, 0.717) is 0 Å². The highest BCUT2D eigenvalue weighted by atomic mass is 16.6. The Morgan fingerprint density at radius 3 is 2.67 bits per heavy atom. The van der Waals surface area contributed by atoms with Crippen LogP contribution in [-0.4, -0.2) is 20.1 Å². The highest BCUT2D eigenvalue weighted by Gasteiger charge is 2.02. The maximum Gasteiger partial charge on any atom is 0.453 e. The molecule has 1 aromatic heterocycles. The predicted molar refractivity (Wildman–Crippen MR) is 28.1 cm³/mol. The van der Waals surface area contributed by atoms with Crippen molar-refractivity contribution in [3.8, 4) is 0 Å². The lowest BCUT2D eigenvalue weighted by atomic mass is 11.1. The zero-order valence-electron chi connectivity index (χ0n) is 4.44. The Bertz CT molecular complexity index is 181. The van der Waals surface area contributed by atoms with Crippen molar-refractivity contribution in [2.24, 2.45) is 0 Å². The van der Waals surface area contributed by atoms with Crippen molar-refractivity contribution >= 4 is 5.95 Å². The van der Waals surface area contributed by atoms with E-state index in [1.165, 1.54) is 0 Å². The van der Waals surface area contributed by atoms with Gasteiger partial charge in [0.2, 0.25) is 6.33 Å². The fourth-order valence-corrected chi connectivity index (χ4v) is 0.287. The molecule has 9 heavy (non-hydrogen) atoms. The highest BCUT2D eigenvalue weighted by Crippen LogP contribution is 1.93. The van der Waals surface area contributed by atoms with Crippen LogP contribution in [0.1, 0.15) is 0 Å². The van der Waals surface area contributed by atoms with E-state index < -0.39 is 4.92 Å². The molecule has 0 spiro atoms. The summed E-state index contributed by atoms with van der Waals surface area (Å²) in [6.07, 6.45) is 1.08. The molecule has 7 nitrogen and oxygen atoms in total. The number of aromatic amines is 1. The van der Waals surface area contributed by atoms with E-state index in [0.717, 1.165) is 6.33 Å². The van der Waals surface area contributed by atoms with Crippen molar-refractivity contribution in [3.05, 3.63) is 16.4 Å². The average molecular weight is 131 g/mol. The monoisotopic (exact) mass is 131 g/mol. The molecule has 0 fully saturated rings. The number of nitro groups is 1. The third kappa shape index (κ3) is 1.46. The number of H-pyrrole nitrogens is 1. The normalized spacial score (nSPS) is 8.00. The molecule has 1 rings (SSSR count). The van der Waals surface area contributed by atoms with Crippen molar-refractivity contribution in [1.82, 2.24) is 21.3 Å². The van der Waals surface area contributed by atoms with Crippen molar-refractivity contribution in [3.63, 3.8) is 0 Å². The van der Waals surface area contributed by atoms with Crippen LogP contribution in [0.3, 0.4) is 0 Å². The van der Waals surface area contributed by atoms with Crippen molar-refractivity contribution in [1.29, 1.82) is 0 Å². The smallest absolute Gasteiger partial charge is 0.390 e. The molecule has 0 saturated carbocycles. The molecule has 7 heteroatoms. The fourth-order valence-electron chi connectivity index (χ4n) is 0.287. The first-order valence-corrected chi connectivity index (χ1v) is 1.80. The molecule has 1 aromatic rings. The van der Waals surface area contributed by atoms with Gasteiger partial charge in [-0.3, -0.25) is 0 Å². The Kier molecular flexibility index (Phi) is 2.27. The minimum atomic E-state index is -0.646. The molecular formula is C2H5N5O2. The SMILES string of the molecule is N.O=[N+]([O-])c1ncn[nH]1. The van der Waals surface area contributed by atoms with E-state index in [1.807, 2.05) is 0 Å². The summed E-state index contributed by atoms with van der Waals surface area (Å²) in [6.45, 7) is 0. The molecule has 0 radical (unpaired) electrons. The third-order valence-corrected chi connectivity index (χ3v) is 0.575. The third-order valence-electron chi connectivity index (χ3n) is 0.575. The van der Waals surface area contributed by atoms with Crippen molar-refractivity contribution < 1.29 is 4.92 Å². The van der Waals surface area contributed by atoms with Crippen LogP contribution in [-0.2, 0) is 0 Å². The van der Waals surface area contributed by atoms with Gasteiger partial charge in [-0.05, 0) is 4.92 Å². The van der Waals surface area contributed by atoms with Gasteiger partial charge in [-0.1, -0.05) is 10.1 Å². The van der Waals surface area contributed by atoms with E-state index in [-0.39, 0.29) is 12.1 Å². The molecule has 0 aliphatic heterocycles. The van der Waals surface area contributed by atoms with Crippen LogP contribution in [0.4, 0.5) is 5.95 Å². The van der Waals surface area contributed by atoms with E-state index >= 15 is 0 Å². The Hall–Kier alpha value is -1.50. The molecule has 0 unspecified atom stereocenters. The van der Waals surface area contributed by atoms with Crippen LogP contribution < -0.4 is 6.15 Å². The lowest BCUT2D eigenvalue weighted by Gasteiger charge is -1.82. The van der Waals surface area contributed by atoms with Gasteiger partial charge in [0.05, 0.1) is 0 Å². The summed E-state index contributed by atoms with van der Waals surface area (Å²) in [5, 5.41) is 15.1. The number of aromatic nitrogens is 3. The molecule has 1 heterocycles. The van der Waals surface area contributed by atoms with Crippen LogP contribution >= 0.6 is 0 Å². The molecule has 0 amide bonds. The maximum absolute atomic E-state index is 9.73. The summed E-state index contributed by atoms with van der Waals surface area (Å²) in [5.41, 5.74) is 0. The average Bonchev–Trinajstić information content (AvgIpc) is 2.12. The van der Waals surface area contributed by atoms with Crippen LogP contribution in [0.5, 0.6) is 0 Å². The first kappa shape index (κ1) is 7.50. The van der Waals surface area contributed by atoms with Gasteiger partial charge in [-0.2, -0.15) is 0 Å². The summed E-state index contributed by atoms with van der Waals surface area (Å²) in [6, 6.07) is 0. The second kappa shape index (κ2) is 2.72. The first-order chi connectivity index (χ1) is 3.80. The molecule has 50 valence electrons. The van der Waals surface area contributed by atoms with E-state index in [9.17, 15) is 10.1 Å². The molecular weight excluding hydrogens is 126 g/mol. The minimum Gasteiger partial charge on any atom is -0.390 e. The predicted octanol–water partition coefficient (Wildman–Crippen LogP) is -0.125. The number of hydrogen-bond donors (Lipinski definition) is 2. The fraction of sp³-hybridized carbons (Fsp3) is 0. The minimum absolute atomic E-state index is 0. The quantitative estimate of drug-likeness (QED) is 0.406. The highest BCUT2D eigenvalue weighted by molar-refractivity contribution is 4.94.